The smallest absolute Gasteiger partial charge is 0.298 e. The number of anilines is 1. The van der Waals surface area contributed by atoms with Gasteiger partial charge in [0.2, 0.25) is 0 Å². The first-order valence-corrected chi connectivity index (χ1v) is 8.61. The van der Waals surface area contributed by atoms with E-state index in [9.17, 15) is 22.8 Å². The Morgan fingerprint density at radius 1 is 0.828 bits per heavy atom. The fraction of sp³-hybridized carbons (Fsp3) is 0. The monoisotopic (exact) mass is 394 g/mol. The Labute approximate surface area is 163 Å². The molecule has 0 spiro atoms. The normalized spacial score (nSPS) is 10.9. The summed E-state index contributed by atoms with van der Waals surface area (Å²) in [5.41, 5.74) is 1.35. The van der Waals surface area contributed by atoms with Gasteiger partial charge in [-0.2, -0.15) is 0 Å². The molecule has 1 amide bonds. The first kappa shape index (κ1) is 18.5. The summed E-state index contributed by atoms with van der Waals surface area (Å²) in [5, 5.41) is 2.17. The summed E-state index contributed by atoms with van der Waals surface area (Å²) in [4.78, 5) is 25.5. The lowest BCUT2D eigenvalue weighted by atomic mass is 10.0. The van der Waals surface area contributed by atoms with Gasteiger partial charge in [0.15, 0.2) is 0 Å². The van der Waals surface area contributed by atoms with Crippen LogP contribution in [0, 0.1) is 17.5 Å². The lowest BCUT2D eigenvalue weighted by Gasteiger charge is -2.08. The first-order chi connectivity index (χ1) is 13.9. The summed E-state index contributed by atoms with van der Waals surface area (Å²) in [6, 6.07) is 15.0. The average Bonchev–Trinajstić information content (AvgIpc) is 3.09. The van der Waals surface area contributed by atoms with Crippen LogP contribution in [0.25, 0.3) is 16.6 Å². The Morgan fingerprint density at radius 2 is 1.55 bits per heavy atom. The SMILES string of the molecule is O=C(Nc1ccc(F)cc1F)C(=O)c1c(-c2ccc(F)cc2)cc2ccccn12. The minimum Gasteiger partial charge on any atom is -0.317 e. The number of pyridine rings is 1. The molecular weight excluding hydrogens is 381 g/mol. The van der Waals surface area contributed by atoms with Crippen LogP contribution in [0.15, 0.2) is 72.9 Å². The van der Waals surface area contributed by atoms with Crippen molar-refractivity contribution in [1.29, 1.82) is 0 Å². The molecule has 7 heteroatoms. The number of aromatic nitrogens is 1. The molecule has 0 aliphatic rings. The summed E-state index contributed by atoms with van der Waals surface area (Å²) in [6.45, 7) is 0. The number of fused-ring (bicyclic) bond motifs is 1. The average molecular weight is 394 g/mol. The number of carbonyl (C=O) groups is 2. The fourth-order valence-corrected chi connectivity index (χ4v) is 3.08. The third-order valence-electron chi connectivity index (χ3n) is 4.44. The zero-order chi connectivity index (χ0) is 20.5. The molecule has 1 N–H and O–H groups in total. The lowest BCUT2D eigenvalue weighted by Crippen LogP contribution is -2.25. The van der Waals surface area contributed by atoms with Crippen LogP contribution in [0.1, 0.15) is 10.5 Å². The minimum atomic E-state index is -1.08. The van der Waals surface area contributed by atoms with Crippen molar-refractivity contribution in [3.8, 4) is 11.1 Å². The predicted octanol–water partition coefficient (Wildman–Crippen LogP) is 4.85. The second-order valence-electron chi connectivity index (χ2n) is 6.32. The van der Waals surface area contributed by atoms with E-state index in [0.29, 0.717) is 22.7 Å². The van der Waals surface area contributed by atoms with Crippen LogP contribution >= 0.6 is 0 Å². The maximum atomic E-state index is 13.8. The molecule has 4 aromatic rings. The topological polar surface area (TPSA) is 50.6 Å². The first-order valence-electron chi connectivity index (χ1n) is 8.61. The summed E-state index contributed by atoms with van der Waals surface area (Å²) >= 11 is 0. The molecule has 0 atom stereocenters. The quantitative estimate of drug-likeness (QED) is 0.398. The maximum absolute atomic E-state index is 13.8. The van der Waals surface area contributed by atoms with Crippen molar-refractivity contribution < 1.29 is 22.8 Å². The Balaban J connectivity index is 1.77. The molecule has 2 aromatic heterocycles. The number of hydrogen-bond acceptors (Lipinski definition) is 2. The highest BCUT2D eigenvalue weighted by Gasteiger charge is 2.25. The van der Waals surface area contributed by atoms with Gasteiger partial charge in [-0.3, -0.25) is 9.59 Å². The Kier molecular flexibility index (Phi) is 4.64. The van der Waals surface area contributed by atoms with Gasteiger partial charge in [-0.25, -0.2) is 13.2 Å². The van der Waals surface area contributed by atoms with Crippen molar-refractivity contribution in [2.75, 3.05) is 5.32 Å². The molecule has 0 aliphatic carbocycles. The van der Waals surface area contributed by atoms with Crippen LogP contribution in [-0.4, -0.2) is 16.1 Å². The van der Waals surface area contributed by atoms with E-state index < -0.39 is 29.1 Å². The molecule has 0 aliphatic heterocycles. The molecule has 0 saturated carbocycles. The van der Waals surface area contributed by atoms with Crippen molar-refractivity contribution in [2.45, 2.75) is 0 Å². The van der Waals surface area contributed by atoms with Gasteiger partial charge >= 0.3 is 0 Å². The number of carbonyl (C=O) groups excluding carboxylic acids is 2. The van der Waals surface area contributed by atoms with E-state index in [1.165, 1.54) is 28.7 Å². The molecule has 0 fully saturated rings. The van der Waals surface area contributed by atoms with E-state index in [0.717, 1.165) is 12.1 Å². The van der Waals surface area contributed by atoms with Crippen LogP contribution in [0.4, 0.5) is 18.9 Å². The van der Waals surface area contributed by atoms with Crippen molar-refractivity contribution >= 4 is 22.9 Å². The van der Waals surface area contributed by atoms with E-state index in [4.69, 9.17) is 0 Å². The molecule has 0 radical (unpaired) electrons. The second kappa shape index (κ2) is 7.27. The highest BCUT2D eigenvalue weighted by atomic mass is 19.1. The van der Waals surface area contributed by atoms with Gasteiger partial charge in [0, 0.05) is 23.3 Å². The zero-order valence-corrected chi connectivity index (χ0v) is 14.8. The van der Waals surface area contributed by atoms with Crippen molar-refractivity contribution in [2.24, 2.45) is 0 Å². The molecule has 4 nitrogen and oxygen atoms in total. The van der Waals surface area contributed by atoms with E-state index >= 15 is 0 Å². The number of nitrogens with zero attached hydrogens (tertiary/aromatic N) is 1. The standard InChI is InChI=1S/C22H13F3N2O2/c23-14-6-4-13(5-7-14)17-12-16-3-1-2-10-27(16)20(17)21(28)22(29)26-19-9-8-15(24)11-18(19)25/h1-12H,(H,26,29). The predicted molar refractivity (Wildman–Crippen MR) is 102 cm³/mol. The third-order valence-corrected chi connectivity index (χ3v) is 4.44. The molecule has 29 heavy (non-hydrogen) atoms. The van der Waals surface area contributed by atoms with E-state index in [-0.39, 0.29) is 11.4 Å². The number of hydrogen-bond donors (Lipinski definition) is 1. The number of nitrogens with one attached hydrogen (secondary N) is 1. The second-order valence-corrected chi connectivity index (χ2v) is 6.32. The third kappa shape index (κ3) is 3.50. The Bertz CT molecular complexity index is 1250. The number of amides is 1. The van der Waals surface area contributed by atoms with Gasteiger partial charge in [-0.05, 0) is 48.0 Å². The molecule has 2 aromatic carbocycles. The van der Waals surface area contributed by atoms with E-state index in [1.807, 2.05) is 0 Å². The van der Waals surface area contributed by atoms with Crippen LogP contribution in [0.5, 0.6) is 0 Å². The summed E-state index contributed by atoms with van der Waals surface area (Å²) in [6.07, 6.45) is 1.61. The molecule has 4 rings (SSSR count). The van der Waals surface area contributed by atoms with Gasteiger partial charge in [0.1, 0.15) is 23.1 Å². The van der Waals surface area contributed by atoms with Gasteiger partial charge in [-0.15, -0.1) is 0 Å². The van der Waals surface area contributed by atoms with Crippen LogP contribution in [0.2, 0.25) is 0 Å². The minimum absolute atomic E-state index is 0.0484. The number of benzene rings is 2. The molecular formula is C22H13F3N2O2. The Hall–Kier alpha value is -3.87. The molecule has 0 bridgehead atoms. The number of ketones is 1. The molecule has 144 valence electrons. The summed E-state index contributed by atoms with van der Waals surface area (Å²) in [7, 11) is 0. The summed E-state index contributed by atoms with van der Waals surface area (Å²) < 4.78 is 41.7. The number of Topliss-reactive ketones (excluding diaryl/α,β-unsaturated/α-hetero) is 1. The van der Waals surface area contributed by atoms with Gasteiger partial charge < -0.3 is 9.72 Å². The Morgan fingerprint density at radius 3 is 2.28 bits per heavy atom. The van der Waals surface area contributed by atoms with Gasteiger partial charge in [0.05, 0.1) is 5.69 Å². The van der Waals surface area contributed by atoms with Gasteiger partial charge in [0.25, 0.3) is 11.7 Å². The molecule has 2 heterocycles. The van der Waals surface area contributed by atoms with Crippen molar-refractivity contribution in [3.05, 3.63) is 96.1 Å². The van der Waals surface area contributed by atoms with E-state index in [1.54, 1.807) is 30.5 Å². The van der Waals surface area contributed by atoms with Crippen LogP contribution < -0.4 is 5.32 Å². The van der Waals surface area contributed by atoms with Crippen LogP contribution in [-0.2, 0) is 4.79 Å². The molecule has 0 saturated heterocycles. The highest BCUT2D eigenvalue weighted by molar-refractivity contribution is 6.47. The summed E-state index contributed by atoms with van der Waals surface area (Å²) in [5.74, 6) is -4.23. The zero-order valence-electron chi connectivity index (χ0n) is 14.8. The van der Waals surface area contributed by atoms with E-state index in [2.05, 4.69) is 5.32 Å². The number of rotatable bonds is 4. The van der Waals surface area contributed by atoms with Crippen LogP contribution in [0.3, 0.4) is 0 Å². The highest BCUT2D eigenvalue weighted by Crippen LogP contribution is 2.29. The fourth-order valence-electron chi connectivity index (χ4n) is 3.08. The van der Waals surface area contributed by atoms with Gasteiger partial charge in [-0.1, -0.05) is 18.2 Å². The lowest BCUT2D eigenvalue weighted by molar-refractivity contribution is -0.112. The molecule has 0 unspecified atom stereocenters. The van der Waals surface area contributed by atoms with Crippen molar-refractivity contribution in [1.82, 2.24) is 4.40 Å². The largest absolute Gasteiger partial charge is 0.317 e. The number of halogens is 3. The van der Waals surface area contributed by atoms with Crippen molar-refractivity contribution in [3.63, 3.8) is 0 Å². The maximum Gasteiger partial charge on any atom is 0.298 e.